The monoisotopic (exact) mass is 352 g/mol. The second-order valence-corrected chi connectivity index (χ2v) is 6.87. The van der Waals surface area contributed by atoms with Gasteiger partial charge >= 0.3 is 0 Å². The second-order valence-electron chi connectivity index (χ2n) is 5.93. The Morgan fingerprint density at radius 2 is 1.96 bits per heavy atom. The molecule has 2 aromatic carbocycles. The molecule has 3 aromatic rings. The molecular weight excluding hydrogens is 328 g/mol. The first kappa shape index (κ1) is 17.6. The van der Waals surface area contributed by atoms with E-state index in [4.69, 9.17) is 9.72 Å². The predicted molar refractivity (Wildman–Crippen MR) is 105 cm³/mol. The highest BCUT2D eigenvalue weighted by Gasteiger charge is 2.09. The maximum Gasteiger partial charge on any atom is 0.123 e. The minimum Gasteiger partial charge on any atom is -0.489 e. The van der Waals surface area contributed by atoms with Crippen LogP contribution in [0.3, 0.4) is 0 Å². The van der Waals surface area contributed by atoms with E-state index in [0.717, 1.165) is 36.4 Å². The zero-order valence-corrected chi connectivity index (χ0v) is 15.6. The van der Waals surface area contributed by atoms with Gasteiger partial charge in [0.25, 0.3) is 0 Å². The topological polar surface area (TPSA) is 34.2 Å². The predicted octanol–water partition coefficient (Wildman–Crippen LogP) is 4.71. The van der Waals surface area contributed by atoms with Gasteiger partial charge in [-0.2, -0.15) is 0 Å². The number of ether oxygens (including phenoxy) is 1. The average Bonchev–Trinajstić information content (AvgIpc) is 3.14. The van der Waals surface area contributed by atoms with Crippen LogP contribution in [0.25, 0.3) is 11.3 Å². The van der Waals surface area contributed by atoms with Crippen LogP contribution in [0.1, 0.15) is 23.1 Å². The van der Waals surface area contributed by atoms with Crippen LogP contribution in [0.5, 0.6) is 5.75 Å². The molecule has 130 valence electrons. The van der Waals surface area contributed by atoms with E-state index in [2.05, 4.69) is 48.0 Å². The first-order valence-electron chi connectivity index (χ1n) is 8.69. The van der Waals surface area contributed by atoms with Crippen molar-refractivity contribution in [3.8, 4) is 17.0 Å². The largest absolute Gasteiger partial charge is 0.489 e. The van der Waals surface area contributed by atoms with E-state index >= 15 is 0 Å². The zero-order valence-electron chi connectivity index (χ0n) is 14.8. The van der Waals surface area contributed by atoms with Gasteiger partial charge in [-0.3, -0.25) is 0 Å². The Bertz CT molecular complexity index is 799. The van der Waals surface area contributed by atoms with Gasteiger partial charge in [0.15, 0.2) is 0 Å². The average molecular weight is 353 g/mol. The van der Waals surface area contributed by atoms with Gasteiger partial charge in [-0.15, -0.1) is 11.3 Å². The van der Waals surface area contributed by atoms with Crippen LogP contribution in [0.4, 0.5) is 0 Å². The molecule has 0 atom stereocenters. The fourth-order valence-electron chi connectivity index (χ4n) is 2.68. The van der Waals surface area contributed by atoms with Crippen molar-refractivity contribution in [3.05, 3.63) is 70.0 Å². The SMILES string of the molecule is CCc1cc(-c2csc(CCNC)n2)ccc1OCc1ccccc1. The highest BCUT2D eigenvalue weighted by atomic mass is 32.1. The fourth-order valence-corrected chi connectivity index (χ4v) is 3.49. The number of hydrogen-bond donors (Lipinski definition) is 1. The van der Waals surface area contributed by atoms with Crippen LogP contribution in [0.2, 0.25) is 0 Å². The Hall–Kier alpha value is -2.17. The number of thiazole rings is 1. The number of benzene rings is 2. The molecule has 0 aliphatic carbocycles. The van der Waals surface area contributed by atoms with E-state index in [1.54, 1.807) is 11.3 Å². The molecule has 0 bridgehead atoms. The van der Waals surface area contributed by atoms with Crippen LogP contribution in [0.15, 0.2) is 53.9 Å². The molecule has 0 spiro atoms. The summed E-state index contributed by atoms with van der Waals surface area (Å²) >= 11 is 1.73. The number of likely N-dealkylation sites (N-methyl/N-ethyl adjacent to an activating group) is 1. The third-order valence-electron chi connectivity index (χ3n) is 4.11. The molecule has 0 unspecified atom stereocenters. The van der Waals surface area contributed by atoms with E-state index in [0.29, 0.717) is 6.61 Å². The van der Waals surface area contributed by atoms with E-state index in [1.807, 2.05) is 25.2 Å². The van der Waals surface area contributed by atoms with Gasteiger partial charge in [-0.05, 0) is 42.8 Å². The van der Waals surface area contributed by atoms with E-state index in [9.17, 15) is 0 Å². The number of nitrogens with one attached hydrogen (secondary N) is 1. The van der Waals surface area contributed by atoms with E-state index in [1.165, 1.54) is 16.1 Å². The standard InChI is InChI=1S/C21H24N2OS/c1-3-17-13-18(19-15-25-21(23-19)11-12-22-2)9-10-20(17)24-14-16-7-5-4-6-8-16/h4-10,13,15,22H,3,11-12,14H2,1-2H3. The summed E-state index contributed by atoms with van der Waals surface area (Å²) in [7, 11) is 1.97. The van der Waals surface area contributed by atoms with E-state index in [-0.39, 0.29) is 0 Å². The summed E-state index contributed by atoms with van der Waals surface area (Å²) in [6.45, 7) is 3.71. The molecule has 1 aromatic heterocycles. The minimum absolute atomic E-state index is 0.595. The summed E-state index contributed by atoms with van der Waals surface area (Å²) in [5.74, 6) is 0.959. The highest BCUT2D eigenvalue weighted by Crippen LogP contribution is 2.28. The van der Waals surface area contributed by atoms with Crippen molar-refractivity contribution >= 4 is 11.3 Å². The third-order valence-corrected chi connectivity index (χ3v) is 5.02. The van der Waals surface area contributed by atoms with Crippen molar-refractivity contribution in [2.75, 3.05) is 13.6 Å². The van der Waals surface area contributed by atoms with Gasteiger partial charge in [0.1, 0.15) is 12.4 Å². The van der Waals surface area contributed by atoms with Crippen LogP contribution in [0, 0.1) is 0 Å². The number of aromatic nitrogens is 1. The molecule has 3 nitrogen and oxygen atoms in total. The molecule has 0 aliphatic rings. The lowest BCUT2D eigenvalue weighted by Gasteiger charge is -2.12. The van der Waals surface area contributed by atoms with Crippen LogP contribution in [-0.2, 0) is 19.4 Å². The quantitative estimate of drug-likeness (QED) is 0.637. The number of hydrogen-bond acceptors (Lipinski definition) is 4. The summed E-state index contributed by atoms with van der Waals surface area (Å²) in [4.78, 5) is 4.75. The zero-order chi connectivity index (χ0) is 17.5. The van der Waals surface area contributed by atoms with Crippen molar-refractivity contribution in [3.63, 3.8) is 0 Å². The highest BCUT2D eigenvalue weighted by molar-refractivity contribution is 7.09. The van der Waals surface area contributed by atoms with Crippen molar-refractivity contribution in [1.29, 1.82) is 0 Å². The maximum absolute atomic E-state index is 6.04. The molecule has 1 heterocycles. The molecule has 0 fully saturated rings. The Labute approximate surface area is 153 Å². The van der Waals surface area contributed by atoms with Gasteiger partial charge < -0.3 is 10.1 Å². The maximum atomic E-state index is 6.04. The molecule has 0 aliphatic heterocycles. The molecule has 0 saturated carbocycles. The van der Waals surface area contributed by atoms with Crippen molar-refractivity contribution in [2.24, 2.45) is 0 Å². The molecule has 25 heavy (non-hydrogen) atoms. The van der Waals surface area contributed by atoms with Crippen LogP contribution in [-0.4, -0.2) is 18.6 Å². The van der Waals surface area contributed by atoms with Crippen molar-refractivity contribution < 1.29 is 4.74 Å². The van der Waals surface area contributed by atoms with E-state index < -0.39 is 0 Å². The lowest BCUT2D eigenvalue weighted by molar-refractivity contribution is 0.303. The molecule has 0 saturated heterocycles. The Balaban J connectivity index is 1.73. The summed E-state index contributed by atoms with van der Waals surface area (Å²) in [6, 6.07) is 16.7. The molecule has 1 N–H and O–H groups in total. The second kappa shape index (κ2) is 8.79. The number of nitrogens with zero attached hydrogens (tertiary/aromatic N) is 1. The smallest absolute Gasteiger partial charge is 0.123 e. The lowest BCUT2D eigenvalue weighted by atomic mass is 10.1. The number of rotatable bonds is 8. The van der Waals surface area contributed by atoms with Gasteiger partial charge in [-0.1, -0.05) is 37.3 Å². The summed E-state index contributed by atoms with van der Waals surface area (Å²) < 4.78 is 6.04. The van der Waals surface area contributed by atoms with Gasteiger partial charge in [0, 0.05) is 23.9 Å². The van der Waals surface area contributed by atoms with Crippen molar-refractivity contribution in [2.45, 2.75) is 26.4 Å². The first-order valence-corrected chi connectivity index (χ1v) is 9.57. The lowest BCUT2D eigenvalue weighted by Crippen LogP contribution is -2.09. The molecular formula is C21H24N2OS. The Morgan fingerprint density at radius 1 is 1.12 bits per heavy atom. The first-order chi connectivity index (χ1) is 12.3. The molecule has 4 heteroatoms. The molecule has 0 radical (unpaired) electrons. The fraction of sp³-hybridized carbons (Fsp3) is 0.286. The summed E-state index contributed by atoms with van der Waals surface area (Å²) in [5.41, 5.74) is 4.62. The number of aryl methyl sites for hydroxylation is 1. The molecule has 0 amide bonds. The van der Waals surface area contributed by atoms with Gasteiger partial charge in [0.05, 0.1) is 10.7 Å². The van der Waals surface area contributed by atoms with Gasteiger partial charge in [-0.25, -0.2) is 4.98 Å². The van der Waals surface area contributed by atoms with Crippen LogP contribution >= 0.6 is 11.3 Å². The molecule has 3 rings (SSSR count). The van der Waals surface area contributed by atoms with Crippen LogP contribution < -0.4 is 10.1 Å². The summed E-state index contributed by atoms with van der Waals surface area (Å²) in [5, 5.41) is 6.48. The third kappa shape index (κ3) is 4.68. The van der Waals surface area contributed by atoms with Gasteiger partial charge in [0.2, 0.25) is 0 Å². The minimum atomic E-state index is 0.595. The Morgan fingerprint density at radius 3 is 2.72 bits per heavy atom. The van der Waals surface area contributed by atoms with Crippen molar-refractivity contribution in [1.82, 2.24) is 10.3 Å². The Kier molecular flexibility index (Phi) is 6.20. The summed E-state index contributed by atoms with van der Waals surface area (Å²) in [6.07, 6.45) is 1.91. The normalized spacial score (nSPS) is 10.8.